The molecule has 0 bridgehead atoms. The van der Waals surface area contributed by atoms with Crippen molar-refractivity contribution < 1.29 is 62.2 Å². The van der Waals surface area contributed by atoms with Crippen LogP contribution in [0.25, 0.3) is 22.3 Å². The number of benzene rings is 8. The highest BCUT2D eigenvalue weighted by Gasteiger charge is 2.34. The van der Waals surface area contributed by atoms with Crippen molar-refractivity contribution in [1.82, 2.24) is 0 Å². The van der Waals surface area contributed by atoms with Crippen molar-refractivity contribution in [2.24, 2.45) is 65.1 Å². The van der Waals surface area contributed by atoms with Crippen LogP contribution in [-0.4, -0.2) is 13.2 Å². The van der Waals surface area contributed by atoms with E-state index in [2.05, 4.69) is 46.8 Å². The van der Waals surface area contributed by atoms with E-state index in [0.717, 1.165) is 129 Å². The molecule has 0 saturated heterocycles. The van der Waals surface area contributed by atoms with Gasteiger partial charge in [0.05, 0.1) is 13.2 Å². The van der Waals surface area contributed by atoms with Crippen molar-refractivity contribution in [2.75, 3.05) is 13.2 Å². The first kappa shape index (κ1) is 92.8. The molecule has 0 atom stereocenters. The zero-order chi connectivity index (χ0) is 85.0. The van der Waals surface area contributed by atoms with E-state index in [-0.39, 0.29) is 23.3 Å². The average Bonchev–Trinajstić information content (AvgIpc) is 0.862. The standard InChI is InChI=1S/C21H30F2O.C20H28F2.C20H22F2.C15H20F2O.C14H18F2.C14H12F2/c1-14-3-8-17(9-4-14)18-10-6-16(7-11-18)13-24-19-12-5-15(2)20(22)21(19)23;2*1-13-3-6-15(7-4-13)16-8-10-17(11-9-16)18-12-5-14(2)19(21)20(18)22;1-10-3-6-12(7-4-10)9-18-13-8-5-11(2)14(16)15(13)17;2*1-9-3-6-11(7-4-9)12-8-5-10(2)13(15)14(12)16/h5,12,14,16-18H,3-4,6-11,13H2,1-2H3;5,12-13,15-17H,3-4,6-11H2,1-2H3;5,8-13,15H,3-4,6-7H2,1-2H3;5,8,10,12H,3-4,6-7,9H2,1-2H3;5,8-9,11H,3-4,6-7H2,1-2H3;3-8H,1-2H3. The van der Waals surface area contributed by atoms with E-state index < -0.39 is 69.8 Å². The summed E-state index contributed by atoms with van der Waals surface area (Å²) < 4.78 is 175. The van der Waals surface area contributed by atoms with Gasteiger partial charge in [-0.3, -0.25) is 0 Å². The van der Waals surface area contributed by atoms with Crippen LogP contribution in [0.1, 0.15) is 288 Å². The third-order valence-corrected chi connectivity index (χ3v) is 27.8. The molecule has 8 aromatic rings. The second-order valence-electron chi connectivity index (χ2n) is 36.9. The van der Waals surface area contributed by atoms with E-state index in [9.17, 15) is 52.7 Å². The molecule has 2 nitrogen and oxygen atoms in total. The van der Waals surface area contributed by atoms with Crippen molar-refractivity contribution in [1.29, 1.82) is 0 Å². The predicted molar refractivity (Wildman–Crippen MR) is 457 cm³/mol. The Labute approximate surface area is 697 Å². The number of halogens is 12. The lowest BCUT2D eigenvalue weighted by Gasteiger charge is -2.37. The first-order valence-corrected chi connectivity index (χ1v) is 44.5. The lowest BCUT2D eigenvalue weighted by Crippen LogP contribution is -2.27. The molecular formula is C104H130F12O2. The molecule has 14 heteroatoms. The summed E-state index contributed by atoms with van der Waals surface area (Å²) in [5, 5.41) is 0. The number of rotatable bonds is 13. The van der Waals surface area contributed by atoms with Gasteiger partial charge in [-0.1, -0.05) is 214 Å². The second-order valence-corrected chi connectivity index (χ2v) is 36.9. The van der Waals surface area contributed by atoms with Gasteiger partial charge in [0.15, 0.2) is 69.7 Å². The SMILES string of the molecule is Cc1ccc(-c2ccc(C)c(F)c2F)cc1.Cc1ccc(-c2ccc(C3CCC(C)CC3)cc2)c(F)c1F.Cc1ccc(C2CCC(C)CC2)c(F)c1F.Cc1ccc(C2CCC(C3CCC(C)CC3)CC2)c(F)c1F.Cc1ccc(OCC2CCC(C)CC2)c(F)c1F.Cc1ccc(OCC2CCC(C3CCC(C)CC3)CC2)c(F)c1F. The van der Waals surface area contributed by atoms with Crippen LogP contribution in [0.4, 0.5) is 52.7 Å². The van der Waals surface area contributed by atoms with Crippen LogP contribution < -0.4 is 9.47 Å². The fraction of sp³-hybridized carbons (Fsp3) is 0.538. The van der Waals surface area contributed by atoms with Crippen molar-refractivity contribution >= 4 is 0 Å². The van der Waals surface area contributed by atoms with Gasteiger partial charge in [-0.25, -0.2) is 43.9 Å². The molecule has 7 aliphatic rings. The van der Waals surface area contributed by atoms with Gasteiger partial charge in [0.1, 0.15) is 0 Å². The molecule has 7 aliphatic carbocycles. The van der Waals surface area contributed by atoms with E-state index in [1.807, 2.05) is 31.2 Å². The van der Waals surface area contributed by atoms with Crippen LogP contribution in [0.2, 0.25) is 0 Å². The normalized spacial score (nSPS) is 25.1. The fourth-order valence-corrected chi connectivity index (χ4v) is 19.2. The molecule has 0 aliphatic heterocycles. The summed E-state index contributed by atoms with van der Waals surface area (Å²) in [6.45, 7) is 24.0. The van der Waals surface area contributed by atoms with Crippen LogP contribution in [0.15, 0.2) is 121 Å². The number of aryl methyl sites for hydroxylation is 7. The monoisotopic (exact) mass is 1640 g/mol. The molecule has 0 amide bonds. The van der Waals surface area contributed by atoms with E-state index in [4.69, 9.17) is 9.47 Å². The maximum atomic E-state index is 14.2. The van der Waals surface area contributed by atoms with Gasteiger partial charge in [0, 0.05) is 11.1 Å². The van der Waals surface area contributed by atoms with E-state index in [0.29, 0.717) is 92.2 Å². The number of hydrogen-bond acceptors (Lipinski definition) is 2. The van der Waals surface area contributed by atoms with Crippen LogP contribution in [0.5, 0.6) is 11.5 Å². The van der Waals surface area contributed by atoms with Crippen molar-refractivity contribution in [3.63, 3.8) is 0 Å². The smallest absolute Gasteiger partial charge is 0.200 e. The minimum absolute atomic E-state index is 0.0386. The molecule has 8 aromatic carbocycles. The average molecular weight is 1640 g/mol. The lowest BCUT2D eigenvalue weighted by atomic mass is 9.68. The minimum atomic E-state index is -0.862. The molecule has 0 radical (unpaired) electrons. The Balaban J connectivity index is 0.000000150. The Bertz CT molecular complexity index is 4460. The van der Waals surface area contributed by atoms with E-state index >= 15 is 0 Å². The number of ether oxygens (including phenoxy) is 2. The van der Waals surface area contributed by atoms with E-state index in [1.165, 1.54) is 127 Å². The molecule has 7 fully saturated rings. The summed E-state index contributed by atoms with van der Waals surface area (Å²) in [7, 11) is 0. The van der Waals surface area contributed by atoms with Crippen molar-refractivity contribution in [3.8, 4) is 33.8 Å². The van der Waals surface area contributed by atoms with Crippen LogP contribution >= 0.6 is 0 Å². The van der Waals surface area contributed by atoms with E-state index in [1.54, 1.807) is 120 Å². The largest absolute Gasteiger partial charge is 0.490 e. The van der Waals surface area contributed by atoms with Gasteiger partial charge in [-0.05, 0) is 320 Å². The molecule has 0 spiro atoms. The summed E-state index contributed by atoms with van der Waals surface area (Å²) in [4.78, 5) is 0. The molecule has 0 unspecified atom stereocenters. The van der Waals surface area contributed by atoms with Crippen molar-refractivity contribution in [2.45, 2.75) is 281 Å². The Morgan fingerprint density at radius 1 is 0.229 bits per heavy atom. The summed E-state index contributed by atoms with van der Waals surface area (Å²) in [5.74, 6) is 0.883. The Morgan fingerprint density at radius 2 is 0.475 bits per heavy atom. The van der Waals surface area contributed by atoms with Gasteiger partial charge < -0.3 is 9.47 Å². The predicted octanol–water partition coefficient (Wildman–Crippen LogP) is 32.2. The Morgan fingerprint density at radius 3 is 0.822 bits per heavy atom. The molecular weight excluding hydrogens is 1510 g/mol. The van der Waals surface area contributed by atoms with Crippen LogP contribution in [-0.2, 0) is 0 Å². The van der Waals surface area contributed by atoms with Crippen molar-refractivity contribution in [3.05, 3.63) is 247 Å². The maximum Gasteiger partial charge on any atom is 0.200 e. The number of hydrogen-bond donors (Lipinski definition) is 0. The molecule has 0 N–H and O–H groups in total. The Kier molecular flexibility index (Phi) is 34.9. The quantitative estimate of drug-likeness (QED) is 0.107. The van der Waals surface area contributed by atoms with Gasteiger partial charge in [-0.2, -0.15) is 8.78 Å². The first-order chi connectivity index (χ1) is 56.4. The zero-order valence-corrected chi connectivity index (χ0v) is 72.2. The van der Waals surface area contributed by atoms with Crippen LogP contribution in [0.3, 0.4) is 0 Å². The summed E-state index contributed by atoms with van der Waals surface area (Å²) >= 11 is 0. The third-order valence-electron chi connectivity index (χ3n) is 27.8. The molecule has 118 heavy (non-hydrogen) atoms. The molecule has 642 valence electrons. The van der Waals surface area contributed by atoms with Gasteiger partial charge in [-0.15, -0.1) is 0 Å². The maximum absolute atomic E-state index is 14.2. The minimum Gasteiger partial charge on any atom is -0.490 e. The second kappa shape index (κ2) is 44.4. The van der Waals surface area contributed by atoms with Crippen LogP contribution in [0, 0.1) is 183 Å². The summed E-state index contributed by atoms with van der Waals surface area (Å²) in [6.07, 6.45) is 34.3. The molecule has 0 aromatic heterocycles. The molecule has 7 saturated carbocycles. The highest BCUT2D eigenvalue weighted by molar-refractivity contribution is 5.66. The molecule has 15 rings (SSSR count). The third kappa shape index (κ3) is 25.3. The summed E-state index contributed by atoms with van der Waals surface area (Å²) in [5.41, 5.74) is 7.79. The topological polar surface area (TPSA) is 18.5 Å². The molecule has 0 heterocycles. The highest BCUT2D eigenvalue weighted by atomic mass is 19.2. The van der Waals surface area contributed by atoms with Gasteiger partial charge in [0.2, 0.25) is 11.6 Å². The zero-order valence-electron chi connectivity index (χ0n) is 72.2. The Hall–Kier alpha value is -7.48. The summed E-state index contributed by atoms with van der Waals surface area (Å²) in [6, 6.07) is 35.0. The lowest BCUT2D eigenvalue weighted by molar-refractivity contribution is 0.124. The van der Waals surface area contributed by atoms with Gasteiger partial charge >= 0.3 is 0 Å². The first-order valence-electron chi connectivity index (χ1n) is 44.5. The fourth-order valence-electron chi connectivity index (χ4n) is 19.2. The highest BCUT2D eigenvalue weighted by Crippen LogP contribution is 2.47. The van der Waals surface area contributed by atoms with Gasteiger partial charge in [0.25, 0.3) is 0 Å².